The van der Waals surface area contributed by atoms with E-state index in [0.29, 0.717) is 5.92 Å². The zero-order valence-electron chi connectivity index (χ0n) is 8.84. The molecule has 1 fully saturated rings. The lowest BCUT2D eigenvalue weighted by atomic mass is 9.93. The highest BCUT2D eigenvalue weighted by molar-refractivity contribution is 5.82. The van der Waals surface area contributed by atoms with Gasteiger partial charge in [-0.15, -0.1) is 0 Å². The number of nitrogens with one attached hydrogen (secondary N) is 1. The van der Waals surface area contributed by atoms with Crippen LogP contribution in [0.3, 0.4) is 0 Å². The van der Waals surface area contributed by atoms with Gasteiger partial charge in [-0.1, -0.05) is 6.92 Å². The van der Waals surface area contributed by atoms with Crippen LogP contribution < -0.4 is 11.1 Å². The Morgan fingerprint density at radius 3 is 2.64 bits per heavy atom. The van der Waals surface area contributed by atoms with E-state index in [9.17, 15) is 0 Å². The summed E-state index contributed by atoms with van der Waals surface area (Å²) in [6.45, 7) is 4.45. The van der Waals surface area contributed by atoms with Gasteiger partial charge in [0.1, 0.15) is 0 Å². The van der Waals surface area contributed by atoms with Crippen LogP contribution in [0.2, 0.25) is 0 Å². The van der Waals surface area contributed by atoms with Gasteiger partial charge in [0.25, 0.3) is 0 Å². The van der Waals surface area contributed by atoms with Crippen molar-refractivity contribution in [1.29, 1.82) is 0 Å². The summed E-state index contributed by atoms with van der Waals surface area (Å²) >= 11 is 0. The Morgan fingerprint density at radius 1 is 1.29 bits per heavy atom. The number of rotatable bonds is 0. The van der Waals surface area contributed by atoms with Crippen LogP contribution in [0.25, 0.3) is 0 Å². The molecule has 0 spiro atoms. The number of hydrogen-bond donors (Lipinski definition) is 2. The molecule has 0 aromatic rings. The van der Waals surface area contributed by atoms with Crippen molar-refractivity contribution in [3.8, 4) is 0 Å². The van der Waals surface area contributed by atoms with Gasteiger partial charge in [-0.05, 0) is 43.8 Å². The largest absolute Gasteiger partial charge is 0.387 e. The first-order valence-corrected chi connectivity index (χ1v) is 5.50. The number of allylic oxidation sites excluding steroid dienone is 1. The third kappa shape index (κ3) is 2.15. The standard InChI is InChI=1S/C11H19N3/c1-8-6-10(14-11(12)7-8)9-2-4-13-5-3-9/h8,13H,2-7H2,1H3,(H2,12,14)/t8-/m1/s1. The molecule has 1 atom stereocenters. The van der Waals surface area contributed by atoms with Crippen molar-refractivity contribution < 1.29 is 0 Å². The first-order valence-electron chi connectivity index (χ1n) is 5.50. The van der Waals surface area contributed by atoms with Crippen molar-refractivity contribution in [3.05, 3.63) is 11.3 Å². The van der Waals surface area contributed by atoms with E-state index in [1.165, 1.54) is 11.3 Å². The molecule has 1 saturated heterocycles. The Labute approximate surface area is 85.5 Å². The molecule has 2 aliphatic rings. The van der Waals surface area contributed by atoms with Crippen molar-refractivity contribution in [3.63, 3.8) is 0 Å². The number of hydrogen-bond acceptors (Lipinski definition) is 3. The van der Waals surface area contributed by atoms with Crippen LogP contribution in [0, 0.1) is 5.92 Å². The molecule has 0 saturated carbocycles. The highest BCUT2D eigenvalue weighted by Crippen LogP contribution is 2.27. The molecule has 3 heteroatoms. The van der Waals surface area contributed by atoms with E-state index in [2.05, 4.69) is 17.2 Å². The summed E-state index contributed by atoms with van der Waals surface area (Å²) < 4.78 is 0. The third-order valence-corrected chi connectivity index (χ3v) is 2.99. The van der Waals surface area contributed by atoms with Crippen molar-refractivity contribution in [2.75, 3.05) is 13.1 Å². The summed E-state index contributed by atoms with van der Waals surface area (Å²) in [5, 5.41) is 3.36. The molecule has 0 bridgehead atoms. The summed E-state index contributed by atoms with van der Waals surface area (Å²) in [6, 6.07) is 0. The minimum absolute atomic E-state index is 0.671. The SMILES string of the molecule is C[C@H]1CC(N)=NC(=C2CCNCC2)C1. The minimum Gasteiger partial charge on any atom is -0.387 e. The lowest BCUT2D eigenvalue weighted by Crippen LogP contribution is -2.26. The number of amidine groups is 1. The average molecular weight is 193 g/mol. The minimum atomic E-state index is 0.671. The molecule has 0 aromatic heterocycles. The second-order valence-corrected chi connectivity index (χ2v) is 4.42. The second kappa shape index (κ2) is 4.13. The van der Waals surface area contributed by atoms with Crippen LogP contribution in [0.4, 0.5) is 0 Å². The van der Waals surface area contributed by atoms with Gasteiger partial charge in [0.2, 0.25) is 0 Å². The molecule has 0 radical (unpaired) electrons. The fourth-order valence-electron chi connectivity index (χ4n) is 2.26. The van der Waals surface area contributed by atoms with Gasteiger partial charge >= 0.3 is 0 Å². The predicted molar refractivity (Wildman–Crippen MR) is 59.2 cm³/mol. The van der Waals surface area contributed by atoms with Gasteiger partial charge in [-0.3, -0.25) is 0 Å². The van der Waals surface area contributed by atoms with Crippen molar-refractivity contribution in [2.24, 2.45) is 16.6 Å². The van der Waals surface area contributed by atoms with Crippen molar-refractivity contribution in [2.45, 2.75) is 32.6 Å². The lowest BCUT2D eigenvalue weighted by Gasteiger charge is -2.23. The molecule has 2 heterocycles. The fourth-order valence-corrected chi connectivity index (χ4v) is 2.26. The van der Waals surface area contributed by atoms with E-state index in [4.69, 9.17) is 5.73 Å². The number of piperidine rings is 1. The first-order chi connectivity index (χ1) is 6.75. The van der Waals surface area contributed by atoms with Crippen LogP contribution in [0.1, 0.15) is 32.6 Å². The average Bonchev–Trinajstić information content (AvgIpc) is 2.18. The molecule has 14 heavy (non-hydrogen) atoms. The molecule has 2 aliphatic heterocycles. The van der Waals surface area contributed by atoms with E-state index in [1.54, 1.807) is 0 Å². The first kappa shape index (κ1) is 9.71. The summed E-state index contributed by atoms with van der Waals surface area (Å²) in [5.74, 6) is 1.50. The maximum atomic E-state index is 5.82. The second-order valence-electron chi connectivity index (χ2n) is 4.42. The maximum Gasteiger partial charge on any atom is 0.0995 e. The van der Waals surface area contributed by atoms with E-state index < -0.39 is 0 Å². The third-order valence-electron chi connectivity index (χ3n) is 2.99. The monoisotopic (exact) mass is 193 g/mol. The fraction of sp³-hybridized carbons (Fsp3) is 0.727. The van der Waals surface area contributed by atoms with Gasteiger partial charge < -0.3 is 11.1 Å². The van der Waals surface area contributed by atoms with Crippen LogP contribution in [0.15, 0.2) is 16.3 Å². The van der Waals surface area contributed by atoms with Gasteiger partial charge in [-0.2, -0.15) is 0 Å². The molecule has 0 aliphatic carbocycles. The zero-order chi connectivity index (χ0) is 9.97. The molecule has 2 rings (SSSR count). The van der Waals surface area contributed by atoms with Crippen LogP contribution in [-0.2, 0) is 0 Å². The Bertz CT molecular complexity index is 270. The molecular weight excluding hydrogens is 174 g/mol. The highest BCUT2D eigenvalue weighted by Gasteiger charge is 2.18. The predicted octanol–water partition coefficient (Wildman–Crippen LogP) is 1.41. The molecule has 0 unspecified atom stereocenters. The van der Waals surface area contributed by atoms with E-state index in [-0.39, 0.29) is 0 Å². The molecule has 0 aromatic carbocycles. The normalized spacial score (nSPS) is 28.9. The molecule has 78 valence electrons. The van der Waals surface area contributed by atoms with E-state index in [1.807, 2.05) is 0 Å². The summed E-state index contributed by atoms with van der Waals surface area (Å²) in [4.78, 5) is 4.50. The van der Waals surface area contributed by atoms with Crippen LogP contribution in [0.5, 0.6) is 0 Å². The number of aliphatic imine (C=N–C) groups is 1. The Morgan fingerprint density at radius 2 is 2.00 bits per heavy atom. The van der Waals surface area contributed by atoms with Crippen molar-refractivity contribution >= 4 is 5.84 Å². The van der Waals surface area contributed by atoms with Crippen LogP contribution in [-0.4, -0.2) is 18.9 Å². The van der Waals surface area contributed by atoms with Crippen LogP contribution >= 0.6 is 0 Å². The number of nitrogens with two attached hydrogens (primary N) is 1. The Hall–Kier alpha value is -0.830. The summed E-state index contributed by atoms with van der Waals surface area (Å²) in [5.41, 5.74) is 8.63. The van der Waals surface area contributed by atoms with E-state index >= 15 is 0 Å². The Balaban J connectivity index is 2.18. The maximum absolute atomic E-state index is 5.82. The summed E-state index contributed by atoms with van der Waals surface area (Å²) in [7, 11) is 0. The molecule has 3 N–H and O–H groups in total. The molecule has 0 amide bonds. The zero-order valence-corrected chi connectivity index (χ0v) is 8.84. The van der Waals surface area contributed by atoms with Crippen molar-refractivity contribution in [1.82, 2.24) is 5.32 Å². The van der Waals surface area contributed by atoms with Gasteiger partial charge in [0.05, 0.1) is 5.84 Å². The summed E-state index contributed by atoms with van der Waals surface area (Å²) in [6.07, 6.45) is 4.39. The highest BCUT2D eigenvalue weighted by atomic mass is 14.9. The topological polar surface area (TPSA) is 50.4 Å². The van der Waals surface area contributed by atoms with Gasteiger partial charge in [-0.25, -0.2) is 4.99 Å². The molecular formula is C11H19N3. The van der Waals surface area contributed by atoms with Gasteiger partial charge in [0.15, 0.2) is 0 Å². The Kier molecular flexibility index (Phi) is 2.87. The lowest BCUT2D eigenvalue weighted by molar-refractivity contribution is 0.550. The quantitative estimate of drug-likeness (QED) is 0.611. The number of nitrogens with zero attached hydrogens (tertiary/aromatic N) is 1. The van der Waals surface area contributed by atoms with E-state index in [0.717, 1.165) is 44.6 Å². The smallest absolute Gasteiger partial charge is 0.0995 e. The van der Waals surface area contributed by atoms with Gasteiger partial charge in [0, 0.05) is 12.1 Å². The molecule has 3 nitrogen and oxygen atoms in total.